The van der Waals surface area contributed by atoms with Gasteiger partial charge in [0.05, 0.1) is 0 Å². The molecule has 21 heavy (non-hydrogen) atoms. The Kier molecular flexibility index (Phi) is 5.08. The van der Waals surface area contributed by atoms with Gasteiger partial charge in [0.25, 0.3) is 0 Å². The van der Waals surface area contributed by atoms with Crippen LogP contribution in [-0.2, 0) is 6.54 Å². The van der Waals surface area contributed by atoms with Crippen LogP contribution in [0, 0.1) is 0 Å². The van der Waals surface area contributed by atoms with Crippen LogP contribution in [0.2, 0.25) is 0 Å². The number of rotatable bonds is 5. The van der Waals surface area contributed by atoms with E-state index in [1.54, 1.807) is 6.07 Å². The van der Waals surface area contributed by atoms with Crippen LogP contribution >= 0.6 is 0 Å². The molecular weight excluding hydrogens is 266 g/mol. The Morgan fingerprint density at radius 3 is 2.48 bits per heavy atom. The summed E-state index contributed by atoms with van der Waals surface area (Å²) < 4.78 is 0. The number of likely N-dealkylation sites (N-methyl/N-ethyl adjacent to an activating group) is 1. The third kappa shape index (κ3) is 4.09. The van der Waals surface area contributed by atoms with Gasteiger partial charge in [0.2, 0.25) is 0 Å². The molecule has 1 saturated heterocycles. The number of benzene rings is 1. The van der Waals surface area contributed by atoms with E-state index in [1.807, 2.05) is 6.07 Å². The Morgan fingerprint density at radius 2 is 1.81 bits per heavy atom. The van der Waals surface area contributed by atoms with Crippen LogP contribution in [0.4, 0.5) is 0 Å². The minimum Gasteiger partial charge on any atom is -0.504 e. The summed E-state index contributed by atoms with van der Waals surface area (Å²) in [6.45, 7) is 10.3. The van der Waals surface area contributed by atoms with E-state index >= 15 is 0 Å². The van der Waals surface area contributed by atoms with Crippen molar-refractivity contribution < 1.29 is 10.2 Å². The first kappa shape index (κ1) is 16.1. The molecule has 2 rings (SSSR count). The first-order valence-electron chi connectivity index (χ1n) is 7.54. The number of hydrogen-bond donors (Lipinski definition) is 3. The highest BCUT2D eigenvalue weighted by Crippen LogP contribution is 2.28. The van der Waals surface area contributed by atoms with Gasteiger partial charge in [0.15, 0.2) is 11.5 Å². The van der Waals surface area contributed by atoms with E-state index < -0.39 is 0 Å². The molecule has 5 heteroatoms. The highest BCUT2D eigenvalue weighted by molar-refractivity contribution is 5.44. The summed E-state index contributed by atoms with van der Waals surface area (Å²) in [6.07, 6.45) is 0. The maximum atomic E-state index is 9.80. The molecule has 0 spiro atoms. The fourth-order valence-corrected chi connectivity index (χ4v) is 2.75. The third-order valence-electron chi connectivity index (χ3n) is 4.33. The van der Waals surface area contributed by atoms with Gasteiger partial charge in [-0.3, -0.25) is 4.90 Å². The van der Waals surface area contributed by atoms with Gasteiger partial charge in [-0.1, -0.05) is 12.1 Å². The molecule has 1 aliphatic heterocycles. The van der Waals surface area contributed by atoms with Crippen LogP contribution in [0.5, 0.6) is 11.5 Å². The molecule has 5 nitrogen and oxygen atoms in total. The van der Waals surface area contributed by atoms with Crippen molar-refractivity contribution in [2.24, 2.45) is 0 Å². The van der Waals surface area contributed by atoms with Crippen molar-refractivity contribution in [1.29, 1.82) is 0 Å². The van der Waals surface area contributed by atoms with Gasteiger partial charge in [0.1, 0.15) is 0 Å². The smallest absolute Gasteiger partial charge is 0.161 e. The molecule has 0 aliphatic carbocycles. The van der Waals surface area contributed by atoms with E-state index in [0.717, 1.165) is 38.3 Å². The van der Waals surface area contributed by atoms with Gasteiger partial charge < -0.3 is 20.4 Å². The summed E-state index contributed by atoms with van der Waals surface area (Å²) in [5.41, 5.74) is 0.803. The standard InChI is InChI=1S/C16H27N3O2/c1-16(2,19-9-7-18(3)8-10-19)12-17-11-13-5-4-6-14(20)15(13)21/h4-6,17,20-21H,7-12H2,1-3H3. The fraction of sp³-hybridized carbons (Fsp3) is 0.625. The average molecular weight is 293 g/mol. The summed E-state index contributed by atoms with van der Waals surface area (Å²) in [4.78, 5) is 4.85. The van der Waals surface area contributed by atoms with Gasteiger partial charge in [-0.05, 0) is 27.0 Å². The van der Waals surface area contributed by atoms with Crippen LogP contribution in [0.15, 0.2) is 18.2 Å². The maximum Gasteiger partial charge on any atom is 0.161 e. The zero-order valence-electron chi connectivity index (χ0n) is 13.3. The zero-order chi connectivity index (χ0) is 15.5. The number of para-hydroxylation sites is 1. The van der Waals surface area contributed by atoms with Crippen molar-refractivity contribution in [3.05, 3.63) is 23.8 Å². The highest BCUT2D eigenvalue weighted by Gasteiger charge is 2.28. The molecule has 0 atom stereocenters. The third-order valence-corrected chi connectivity index (χ3v) is 4.33. The molecule has 0 aromatic heterocycles. The normalized spacial score (nSPS) is 18.0. The van der Waals surface area contributed by atoms with E-state index in [0.29, 0.717) is 6.54 Å². The molecule has 1 fully saturated rings. The number of hydrogen-bond acceptors (Lipinski definition) is 5. The molecule has 0 unspecified atom stereocenters. The molecular formula is C16H27N3O2. The first-order valence-corrected chi connectivity index (χ1v) is 7.54. The summed E-state index contributed by atoms with van der Waals surface area (Å²) in [5, 5.41) is 22.7. The van der Waals surface area contributed by atoms with Crippen LogP contribution in [0.1, 0.15) is 19.4 Å². The van der Waals surface area contributed by atoms with Gasteiger partial charge in [-0.25, -0.2) is 0 Å². The molecule has 0 radical (unpaired) electrons. The predicted octanol–water partition coefficient (Wildman–Crippen LogP) is 1.21. The monoisotopic (exact) mass is 293 g/mol. The Hall–Kier alpha value is -1.30. The number of aromatic hydroxyl groups is 2. The summed E-state index contributed by atoms with van der Waals surface area (Å²) in [5.74, 6) is -0.0879. The van der Waals surface area contributed by atoms with Crippen molar-refractivity contribution in [3.8, 4) is 11.5 Å². The van der Waals surface area contributed by atoms with Gasteiger partial charge in [0, 0.05) is 50.4 Å². The second-order valence-corrected chi connectivity index (χ2v) is 6.49. The molecule has 118 valence electrons. The first-order chi connectivity index (χ1) is 9.90. The zero-order valence-corrected chi connectivity index (χ0v) is 13.3. The van der Waals surface area contributed by atoms with Crippen molar-refractivity contribution in [2.45, 2.75) is 25.9 Å². The molecule has 1 aromatic rings. The number of piperazine rings is 1. The lowest BCUT2D eigenvalue weighted by Crippen LogP contribution is -2.57. The maximum absolute atomic E-state index is 9.80. The largest absolute Gasteiger partial charge is 0.504 e. The quantitative estimate of drug-likeness (QED) is 0.713. The van der Waals surface area contributed by atoms with Crippen molar-refractivity contribution in [1.82, 2.24) is 15.1 Å². The molecule has 1 heterocycles. The minimum atomic E-state index is -0.0624. The van der Waals surface area contributed by atoms with Crippen LogP contribution in [0.3, 0.4) is 0 Å². The fourth-order valence-electron chi connectivity index (χ4n) is 2.75. The summed E-state index contributed by atoms with van der Waals surface area (Å²) >= 11 is 0. The van der Waals surface area contributed by atoms with Crippen molar-refractivity contribution in [3.63, 3.8) is 0 Å². The molecule has 1 aliphatic rings. The Balaban J connectivity index is 1.85. The van der Waals surface area contributed by atoms with Crippen LogP contribution < -0.4 is 5.32 Å². The lowest BCUT2D eigenvalue weighted by molar-refractivity contribution is 0.0617. The predicted molar refractivity (Wildman–Crippen MR) is 84.6 cm³/mol. The summed E-state index contributed by atoms with van der Waals surface area (Å²) in [6, 6.07) is 5.07. The van der Waals surface area contributed by atoms with Gasteiger partial charge >= 0.3 is 0 Å². The molecule has 3 N–H and O–H groups in total. The van der Waals surface area contributed by atoms with Crippen LogP contribution in [0.25, 0.3) is 0 Å². The van der Waals surface area contributed by atoms with Crippen LogP contribution in [-0.4, -0.2) is 65.3 Å². The summed E-state index contributed by atoms with van der Waals surface area (Å²) in [7, 11) is 2.16. The van der Waals surface area contributed by atoms with Crippen molar-refractivity contribution >= 4 is 0 Å². The SMILES string of the molecule is CN1CCN(C(C)(C)CNCc2cccc(O)c2O)CC1. The Morgan fingerprint density at radius 1 is 1.14 bits per heavy atom. The van der Waals surface area contributed by atoms with E-state index in [-0.39, 0.29) is 17.0 Å². The second kappa shape index (κ2) is 6.64. The number of nitrogens with zero attached hydrogens (tertiary/aromatic N) is 2. The van der Waals surface area contributed by atoms with E-state index in [9.17, 15) is 10.2 Å². The van der Waals surface area contributed by atoms with E-state index in [2.05, 4.69) is 36.0 Å². The number of phenols is 2. The van der Waals surface area contributed by atoms with E-state index in [1.165, 1.54) is 6.07 Å². The molecule has 0 amide bonds. The minimum absolute atomic E-state index is 0.0256. The lowest BCUT2D eigenvalue weighted by Gasteiger charge is -2.43. The molecule has 1 aromatic carbocycles. The lowest BCUT2D eigenvalue weighted by atomic mass is 10.0. The topological polar surface area (TPSA) is 59.0 Å². The Labute approximate surface area is 127 Å². The molecule has 0 saturated carbocycles. The average Bonchev–Trinajstić information content (AvgIpc) is 2.44. The van der Waals surface area contributed by atoms with Gasteiger partial charge in [-0.15, -0.1) is 0 Å². The van der Waals surface area contributed by atoms with Crippen molar-refractivity contribution in [2.75, 3.05) is 39.8 Å². The Bertz CT molecular complexity index is 469. The second-order valence-electron chi connectivity index (χ2n) is 6.49. The van der Waals surface area contributed by atoms with E-state index in [4.69, 9.17) is 0 Å². The number of nitrogens with one attached hydrogen (secondary N) is 1. The molecule has 0 bridgehead atoms. The van der Waals surface area contributed by atoms with Gasteiger partial charge in [-0.2, -0.15) is 0 Å². The number of phenolic OH excluding ortho intramolecular Hbond substituents is 2. The highest BCUT2D eigenvalue weighted by atomic mass is 16.3.